The van der Waals surface area contributed by atoms with E-state index >= 15 is 0 Å². The number of benzene rings is 2. The number of nitro groups is 1. The number of ether oxygens (including phenoxy) is 2. The Kier molecular flexibility index (Phi) is 6.10. The zero-order valence-corrected chi connectivity index (χ0v) is 15.9. The van der Waals surface area contributed by atoms with Gasteiger partial charge in [0.1, 0.15) is 5.56 Å². The number of carbonyl (C=O) groups excluding carboxylic acids is 1. The molecule has 1 saturated heterocycles. The molecular weight excluding hydrogens is 362 g/mol. The van der Waals surface area contributed by atoms with E-state index < -0.39 is 10.8 Å². The number of hydrogen-bond acceptors (Lipinski definition) is 6. The summed E-state index contributed by atoms with van der Waals surface area (Å²) in [4.78, 5) is 25.8. The fourth-order valence-corrected chi connectivity index (χ4v) is 3.40. The van der Waals surface area contributed by atoms with Gasteiger partial charge in [-0.25, -0.2) is 0 Å². The molecule has 1 heterocycles. The first-order valence-electron chi connectivity index (χ1n) is 8.99. The van der Waals surface area contributed by atoms with Crippen LogP contribution in [0.2, 0.25) is 0 Å². The van der Waals surface area contributed by atoms with Crippen molar-refractivity contribution < 1.29 is 19.2 Å². The summed E-state index contributed by atoms with van der Waals surface area (Å²) in [6.07, 6.45) is 0.791. The minimum Gasteiger partial charge on any atom is -0.493 e. The highest BCUT2D eigenvalue weighted by molar-refractivity contribution is 5.99. The third-order valence-electron chi connectivity index (χ3n) is 4.80. The molecule has 0 saturated carbocycles. The Labute approximate surface area is 163 Å². The number of amides is 1. The molecule has 2 aromatic carbocycles. The van der Waals surface area contributed by atoms with Crippen molar-refractivity contribution in [2.45, 2.75) is 19.0 Å². The predicted octanol–water partition coefficient (Wildman–Crippen LogP) is 2.62. The van der Waals surface area contributed by atoms with Crippen molar-refractivity contribution in [3.8, 4) is 11.5 Å². The molecule has 1 aliphatic rings. The molecule has 0 radical (unpaired) electrons. The monoisotopic (exact) mass is 385 g/mol. The molecule has 8 nitrogen and oxygen atoms in total. The van der Waals surface area contributed by atoms with Gasteiger partial charge in [0.25, 0.3) is 11.6 Å². The first kappa shape index (κ1) is 19.6. The highest BCUT2D eigenvalue weighted by Crippen LogP contribution is 2.34. The van der Waals surface area contributed by atoms with Gasteiger partial charge in [0.15, 0.2) is 11.5 Å². The molecule has 1 amide bonds. The van der Waals surface area contributed by atoms with Crippen molar-refractivity contribution in [3.05, 3.63) is 63.7 Å². The van der Waals surface area contributed by atoms with Crippen LogP contribution in [0.25, 0.3) is 0 Å². The molecule has 1 unspecified atom stereocenters. The van der Waals surface area contributed by atoms with Crippen molar-refractivity contribution in [2.75, 3.05) is 27.3 Å². The van der Waals surface area contributed by atoms with E-state index in [2.05, 4.69) is 22.3 Å². The fourth-order valence-electron chi connectivity index (χ4n) is 3.40. The highest BCUT2D eigenvalue weighted by atomic mass is 16.6. The average molecular weight is 385 g/mol. The molecule has 148 valence electrons. The largest absolute Gasteiger partial charge is 0.493 e. The molecule has 0 bridgehead atoms. The summed E-state index contributed by atoms with van der Waals surface area (Å²) in [7, 11) is 2.81. The Morgan fingerprint density at radius 1 is 1.21 bits per heavy atom. The maximum atomic E-state index is 12.7. The molecule has 8 heteroatoms. The third kappa shape index (κ3) is 4.40. The van der Waals surface area contributed by atoms with Crippen LogP contribution >= 0.6 is 0 Å². The fraction of sp³-hybridized carbons (Fsp3) is 0.350. The molecule has 28 heavy (non-hydrogen) atoms. The van der Waals surface area contributed by atoms with E-state index in [1.165, 1.54) is 31.9 Å². The summed E-state index contributed by atoms with van der Waals surface area (Å²) in [6.45, 7) is 2.36. The highest BCUT2D eigenvalue weighted by Gasteiger charge is 2.29. The number of nitrogens with one attached hydrogen (secondary N) is 1. The Hall–Kier alpha value is -3.13. The van der Waals surface area contributed by atoms with Crippen molar-refractivity contribution in [1.29, 1.82) is 0 Å². The van der Waals surface area contributed by atoms with Gasteiger partial charge in [-0.15, -0.1) is 0 Å². The summed E-state index contributed by atoms with van der Waals surface area (Å²) in [5.41, 5.74) is 0.864. The zero-order chi connectivity index (χ0) is 20.1. The van der Waals surface area contributed by atoms with E-state index in [1.807, 2.05) is 18.2 Å². The van der Waals surface area contributed by atoms with Crippen molar-refractivity contribution in [2.24, 2.45) is 0 Å². The minimum atomic E-state index is -0.590. The second-order valence-corrected chi connectivity index (χ2v) is 6.66. The summed E-state index contributed by atoms with van der Waals surface area (Å²) in [5.74, 6) is -0.00440. The second-order valence-electron chi connectivity index (χ2n) is 6.66. The average Bonchev–Trinajstić information content (AvgIpc) is 3.14. The molecule has 2 aromatic rings. The normalized spacial score (nSPS) is 16.6. The summed E-state index contributed by atoms with van der Waals surface area (Å²) in [5, 5.41) is 14.3. The number of nitrogens with zero attached hydrogens (tertiary/aromatic N) is 2. The quantitative estimate of drug-likeness (QED) is 0.582. The molecule has 0 aromatic heterocycles. The van der Waals surface area contributed by atoms with E-state index in [4.69, 9.17) is 9.47 Å². The molecule has 1 aliphatic heterocycles. The van der Waals surface area contributed by atoms with Gasteiger partial charge < -0.3 is 14.8 Å². The van der Waals surface area contributed by atoms with Gasteiger partial charge in [0.05, 0.1) is 25.2 Å². The topological polar surface area (TPSA) is 93.9 Å². The number of likely N-dealkylation sites (tertiary alicyclic amines) is 1. The summed E-state index contributed by atoms with van der Waals surface area (Å²) >= 11 is 0. The van der Waals surface area contributed by atoms with Gasteiger partial charge in [-0.2, -0.15) is 0 Å². The molecule has 1 N–H and O–H groups in total. The van der Waals surface area contributed by atoms with Crippen LogP contribution in [0.15, 0.2) is 42.5 Å². The third-order valence-corrected chi connectivity index (χ3v) is 4.80. The smallest absolute Gasteiger partial charge is 0.286 e. The maximum absolute atomic E-state index is 12.7. The molecule has 0 spiro atoms. The van der Waals surface area contributed by atoms with Crippen molar-refractivity contribution in [1.82, 2.24) is 10.2 Å². The summed E-state index contributed by atoms with van der Waals surface area (Å²) in [6, 6.07) is 12.6. The standard InChI is InChI=1S/C20H23N3O5/c1-27-18-10-16(17(23(25)26)11-19(18)28-2)20(24)21-15-8-9-22(13-15)12-14-6-4-3-5-7-14/h3-7,10-11,15H,8-9,12-13H2,1-2H3,(H,21,24). The van der Waals surface area contributed by atoms with Crippen LogP contribution in [-0.4, -0.2) is 49.1 Å². The van der Waals surface area contributed by atoms with Gasteiger partial charge in [-0.1, -0.05) is 30.3 Å². The lowest BCUT2D eigenvalue weighted by Gasteiger charge is -2.17. The van der Waals surface area contributed by atoms with Crippen molar-refractivity contribution >= 4 is 11.6 Å². The van der Waals surface area contributed by atoms with Gasteiger partial charge >= 0.3 is 0 Å². The SMILES string of the molecule is COc1cc(C(=O)NC2CCN(Cc3ccccc3)C2)c([N+](=O)[O-])cc1OC. The van der Waals surface area contributed by atoms with Crippen LogP contribution in [-0.2, 0) is 6.54 Å². The Morgan fingerprint density at radius 2 is 1.89 bits per heavy atom. The lowest BCUT2D eigenvalue weighted by molar-refractivity contribution is -0.385. The molecule has 0 aliphatic carbocycles. The first-order valence-corrected chi connectivity index (χ1v) is 8.99. The zero-order valence-electron chi connectivity index (χ0n) is 15.9. The minimum absolute atomic E-state index is 0.0378. The van der Waals surface area contributed by atoms with E-state index in [1.54, 1.807) is 0 Å². The van der Waals surface area contributed by atoms with Crippen LogP contribution in [0.1, 0.15) is 22.3 Å². The van der Waals surface area contributed by atoms with E-state index in [9.17, 15) is 14.9 Å². The number of nitro benzene ring substituents is 1. The van der Waals surface area contributed by atoms with Crippen molar-refractivity contribution in [3.63, 3.8) is 0 Å². The number of rotatable bonds is 7. The van der Waals surface area contributed by atoms with Crippen LogP contribution in [0.5, 0.6) is 11.5 Å². The maximum Gasteiger partial charge on any atom is 0.286 e. The van der Waals surface area contributed by atoms with Crippen LogP contribution in [0, 0.1) is 10.1 Å². The Morgan fingerprint density at radius 3 is 2.54 bits per heavy atom. The predicted molar refractivity (Wildman–Crippen MR) is 104 cm³/mol. The van der Waals surface area contributed by atoms with E-state index in [0.717, 1.165) is 19.5 Å². The molecule has 1 atom stereocenters. The van der Waals surface area contributed by atoms with Gasteiger partial charge in [-0.3, -0.25) is 19.8 Å². The van der Waals surface area contributed by atoms with Gasteiger partial charge in [0.2, 0.25) is 0 Å². The van der Waals surface area contributed by atoms with Crippen LogP contribution in [0.3, 0.4) is 0 Å². The first-order chi connectivity index (χ1) is 13.5. The summed E-state index contributed by atoms with van der Waals surface area (Å²) < 4.78 is 10.3. The van der Waals surface area contributed by atoms with Gasteiger partial charge in [0, 0.05) is 31.7 Å². The number of methoxy groups -OCH3 is 2. The van der Waals surface area contributed by atoms with E-state index in [-0.39, 0.29) is 28.8 Å². The van der Waals surface area contributed by atoms with Crippen LogP contribution < -0.4 is 14.8 Å². The molecular formula is C20H23N3O5. The Bertz CT molecular complexity index is 856. The lowest BCUT2D eigenvalue weighted by atomic mass is 10.1. The number of carbonyl (C=O) groups is 1. The second kappa shape index (κ2) is 8.71. The number of hydrogen-bond donors (Lipinski definition) is 1. The molecule has 3 rings (SSSR count). The lowest BCUT2D eigenvalue weighted by Crippen LogP contribution is -2.37. The van der Waals surface area contributed by atoms with Crippen LogP contribution in [0.4, 0.5) is 5.69 Å². The van der Waals surface area contributed by atoms with E-state index in [0.29, 0.717) is 6.54 Å². The molecule has 1 fully saturated rings. The van der Waals surface area contributed by atoms with Gasteiger partial charge in [-0.05, 0) is 12.0 Å². The Balaban J connectivity index is 1.70.